The SMILES string of the molecule is COc1ccc(C)cc1NC(=O)COC(=O)C(CC(C)C)NC(=O)c1ccccc1C. The van der Waals surface area contributed by atoms with E-state index in [-0.39, 0.29) is 11.8 Å². The van der Waals surface area contributed by atoms with Gasteiger partial charge in [-0.2, -0.15) is 0 Å². The topological polar surface area (TPSA) is 93.7 Å². The molecule has 2 rings (SSSR count). The molecule has 0 saturated heterocycles. The quantitative estimate of drug-likeness (QED) is 0.597. The van der Waals surface area contributed by atoms with Crippen LogP contribution in [-0.2, 0) is 14.3 Å². The Balaban J connectivity index is 2.00. The number of methoxy groups -OCH3 is 1. The molecule has 1 atom stereocenters. The Morgan fingerprint density at radius 1 is 1.03 bits per heavy atom. The molecule has 0 heterocycles. The summed E-state index contributed by atoms with van der Waals surface area (Å²) in [5.74, 6) is -0.851. The molecule has 0 bridgehead atoms. The van der Waals surface area contributed by atoms with Gasteiger partial charge < -0.3 is 20.1 Å². The summed E-state index contributed by atoms with van der Waals surface area (Å²) in [6.07, 6.45) is 0.393. The number of carbonyl (C=O) groups excluding carboxylic acids is 3. The van der Waals surface area contributed by atoms with E-state index in [1.54, 1.807) is 24.3 Å². The maximum Gasteiger partial charge on any atom is 0.329 e. The number of ether oxygens (including phenoxy) is 2. The summed E-state index contributed by atoms with van der Waals surface area (Å²) in [5.41, 5.74) is 2.75. The second-order valence-electron chi connectivity index (χ2n) is 7.83. The summed E-state index contributed by atoms with van der Waals surface area (Å²) in [6.45, 7) is 7.13. The van der Waals surface area contributed by atoms with Crippen molar-refractivity contribution in [3.8, 4) is 5.75 Å². The highest BCUT2D eigenvalue weighted by atomic mass is 16.5. The predicted octanol–water partition coefficient (Wildman–Crippen LogP) is 3.64. The normalized spacial score (nSPS) is 11.5. The minimum absolute atomic E-state index is 0.139. The zero-order valence-electron chi connectivity index (χ0n) is 18.7. The number of carbonyl (C=O) groups is 3. The van der Waals surface area contributed by atoms with Gasteiger partial charge in [0.15, 0.2) is 6.61 Å². The molecule has 0 aromatic heterocycles. The fraction of sp³-hybridized carbons (Fsp3) is 0.375. The van der Waals surface area contributed by atoms with E-state index in [0.717, 1.165) is 11.1 Å². The molecule has 0 aliphatic carbocycles. The van der Waals surface area contributed by atoms with E-state index in [0.29, 0.717) is 23.4 Å². The van der Waals surface area contributed by atoms with Gasteiger partial charge in [0.05, 0.1) is 12.8 Å². The number of amides is 2. The molecule has 31 heavy (non-hydrogen) atoms. The van der Waals surface area contributed by atoms with E-state index in [1.807, 2.05) is 45.9 Å². The predicted molar refractivity (Wildman–Crippen MR) is 119 cm³/mol. The summed E-state index contributed by atoms with van der Waals surface area (Å²) in [5, 5.41) is 5.42. The van der Waals surface area contributed by atoms with E-state index < -0.39 is 24.5 Å². The van der Waals surface area contributed by atoms with Crippen molar-refractivity contribution in [2.24, 2.45) is 5.92 Å². The Morgan fingerprint density at radius 2 is 1.74 bits per heavy atom. The van der Waals surface area contributed by atoms with Gasteiger partial charge in [-0.1, -0.05) is 38.1 Å². The Bertz CT molecular complexity index is 939. The second kappa shape index (κ2) is 11.2. The van der Waals surface area contributed by atoms with E-state index in [1.165, 1.54) is 7.11 Å². The van der Waals surface area contributed by atoms with Crippen LogP contribution < -0.4 is 15.4 Å². The average Bonchev–Trinajstić information content (AvgIpc) is 2.71. The van der Waals surface area contributed by atoms with Crippen LogP contribution in [0.4, 0.5) is 5.69 Å². The highest BCUT2D eigenvalue weighted by Crippen LogP contribution is 2.25. The summed E-state index contributed by atoms with van der Waals surface area (Å²) >= 11 is 0. The number of benzene rings is 2. The van der Waals surface area contributed by atoms with Crippen LogP contribution in [0.25, 0.3) is 0 Å². The molecule has 0 spiro atoms. The second-order valence-corrected chi connectivity index (χ2v) is 7.83. The fourth-order valence-electron chi connectivity index (χ4n) is 3.09. The van der Waals surface area contributed by atoms with E-state index in [9.17, 15) is 14.4 Å². The average molecular weight is 427 g/mol. The maximum absolute atomic E-state index is 12.6. The van der Waals surface area contributed by atoms with E-state index in [2.05, 4.69) is 10.6 Å². The van der Waals surface area contributed by atoms with Crippen molar-refractivity contribution in [2.75, 3.05) is 19.0 Å². The molecule has 166 valence electrons. The standard InChI is InChI=1S/C24H30N2O5/c1-15(2)12-20(26-23(28)18-9-7-6-8-17(18)4)24(29)31-14-22(27)25-19-13-16(3)10-11-21(19)30-5/h6-11,13,15,20H,12,14H2,1-5H3,(H,25,27)(H,26,28). The summed E-state index contributed by atoms with van der Waals surface area (Å²) < 4.78 is 10.4. The van der Waals surface area contributed by atoms with Crippen molar-refractivity contribution in [3.05, 3.63) is 59.2 Å². The monoisotopic (exact) mass is 426 g/mol. The van der Waals surface area contributed by atoms with Crippen molar-refractivity contribution in [1.82, 2.24) is 5.32 Å². The zero-order valence-corrected chi connectivity index (χ0v) is 18.7. The Labute approximate surface area is 183 Å². The number of esters is 1. The first-order chi connectivity index (χ1) is 14.7. The van der Waals surface area contributed by atoms with Gasteiger partial charge in [0.1, 0.15) is 11.8 Å². The molecule has 2 aromatic rings. The van der Waals surface area contributed by atoms with Crippen molar-refractivity contribution < 1.29 is 23.9 Å². The first-order valence-corrected chi connectivity index (χ1v) is 10.2. The third-order valence-electron chi connectivity index (χ3n) is 4.66. The Hall–Kier alpha value is -3.35. The molecule has 0 radical (unpaired) electrons. The number of nitrogens with one attached hydrogen (secondary N) is 2. The lowest BCUT2D eigenvalue weighted by Gasteiger charge is -2.20. The van der Waals surface area contributed by atoms with Crippen LogP contribution in [0.2, 0.25) is 0 Å². The van der Waals surface area contributed by atoms with Gasteiger partial charge in [-0.15, -0.1) is 0 Å². The van der Waals surface area contributed by atoms with Gasteiger partial charge in [0, 0.05) is 5.56 Å². The zero-order chi connectivity index (χ0) is 23.0. The van der Waals surface area contributed by atoms with Gasteiger partial charge in [0.2, 0.25) is 0 Å². The lowest BCUT2D eigenvalue weighted by atomic mass is 10.0. The number of hydrogen-bond donors (Lipinski definition) is 2. The maximum atomic E-state index is 12.6. The van der Waals surface area contributed by atoms with Gasteiger partial charge in [-0.25, -0.2) is 4.79 Å². The minimum atomic E-state index is -0.853. The molecule has 0 aliphatic heterocycles. The van der Waals surface area contributed by atoms with Crippen molar-refractivity contribution in [1.29, 1.82) is 0 Å². The highest BCUT2D eigenvalue weighted by molar-refractivity contribution is 5.98. The molecule has 2 N–H and O–H groups in total. The number of aryl methyl sites for hydroxylation is 2. The molecule has 1 unspecified atom stereocenters. The smallest absolute Gasteiger partial charge is 0.329 e. The van der Waals surface area contributed by atoms with Gasteiger partial charge in [-0.3, -0.25) is 9.59 Å². The van der Waals surface area contributed by atoms with Crippen LogP contribution in [-0.4, -0.2) is 37.5 Å². The number of rotatable bonds is 9. The summed E-state index contributed by atoms with van der Waals surface area (Å²) in [7, 11) is 1.51. The van der Waals surface area contributed by atoms with Crippen molar-refractivity contribution in [3.63, 3.8) is 0 Å². The summed E-state index contributed by atoms with van der Waals surface area (Å²) in [6, 6.07) is 11.7. The largest absolute Gasteiger partial charge is 0.495 e. The van der Waals surface area contributed by atoms with Gasteiger partial charge in [0.25, 0.3) is 11.8 Å². The number of anilines is 1. The molecule has 2 amide bonds. The highest BCUT2D eigenvalue weighted by Gasteiger charge is 2.25. The molecular formula is C24H30N2O5. The van der Waals surface area contributed by atoms with E-state index in [4.69, 9.17) is 9.47 Å². The third-order valence-corrected chi connectivity index (χ3v) is 4.66. The van der Waals surface area contributed by atoms with Crippen molar-refractivity contribution >= 4 is 23.5 Å². The molecule has 0 fully saturated rings. The summed E-state index contributed by atoms with van der Waals surface area (Å²) in [4.78, 5) is 37.6. The first-order valence-electron chi connectivity index (χ1n) is 10.2. The van der Waals surface area contributed by atoms with Crippen LogP contribution in [0.3, 0.4) is 0 Å². The van der Waals surface area contributed by atoms with Crippen LogP contribution in [0.5, 0.6) is 5.75 Å². The molecule has 7 heteroatoms. The Kier molecular flexibility index (Phi) is 8.61. The lowest BCUT2D eigenvalue weighted by Crippen LogP contribution is -2.43. The lowest BCUT2D eigenvalue weighted by molar-refractivity contribution is -0.149. The first kappa shape index (κ1) is 23.9. The van der Waals surface area contributed by atoms with Crippen molar-refractivity contribution in [2.45, 2.75) is 40.2 Å². The molecule has 0 saturated carbocycles. The van der Waals surface area contributed by atoms with Crippen LogP contribution in [0, 0.1) is 19.8 Å². The van der Waals surface area contributed by atoms with Gasteiger partial charge in [-0.05, 0) is 55.5 Å². The molecule has 0 aliphatic rings. The van der Waals surface area contributed by atoms with Crippen LogP contribution in [0.15, 0.2) is 42.5 Å². The molecular weight excluding hydrogens is 396 g/mol. The molecule has 2 aromatic carbocycles. The molecule has 7 nitrogen and oxygen atoms in total. The Morgan fingerprint density at radius 3 is 2.39 bits per heavy atom. The van der Waals surface area contributed by atoms with Crippen LogP contribution in [0.1, 0.15) is 41.8 Å². The minimum Gasteiger partial charge on any atom is -0.495 e. The van der Waals surface area contributed by atoms with E-state index >= 15 is 0 Å². The third kappa shape index (κ3) is 7.13. The van der Waals surface area contributed by atoms with Crippen LogP contribution >= 0.6 is 0 Å². The number of hydrogen-bond acceptors (Lipinski definition) is 5. The fourth-order valence-corrected chi connectivity index (χ4v) is 3.09. The van der Waals surface area contributed by atoms with Gasteiger partial charge >= 0.3 is 5.97 Å².